The molecule has 5 nitrogen and oxygen atoms in total. The van der Waals surface area contributed by atoms with Gasteiger partial charge in [0, 0.05) is 19.1 Å². The van der Waals surface area contributed by atoms with Crippen molar-refractivity contribution in [3.8, 4) is 5.75 Å². The number of amides is 2. The van der Waals surface area contributed by atoms with Crippen LogP contribution in [0.25, 0.3) is 5.57 Å². The van der Waals surface area contributed by atoms with Gasteiger partial charge in [-0.05, 0) is 56.7 Å². The highest BCUT2D eigenvalue weighted by Crippen LogP contribution is 2.37. The molecule has 1 aromatic rings. The van der Waals surface area contributed by atoms with Crippen LogP contribution in [0.1, 0.15) is 63.9 Å². The number of piperidine rings is 1. The molecule has 2 heterocycles. The Morgan fingerprint density at radius 3 is 2.18 bits per heavy atom. The van der Waals surface area contributed by atoms with Gasteiger partial charge in [0.2, 0.25) is 0 Å². The van der Waals surface area contributed by atoms with Crippen LogP contribution < -0.4 is 4.74 Å². The lowest BCUT2D eigenvalue weighted by molar-refractivity contribution is -0.141. The number of ether oxygens (including phenoxy) is 1. The average molecular weight is 383 g/mol. The van der Waals surface area contributed by atoms with Crippen molar-refractivity contribution in [3.63, 3.8) is 0 Å². The van der Waals surface area contributed by atoms with Crippen molar-refractivity contribution in [2.45, 2.75) is 64.3 Å². The fourth-order valence-electron chi connectivity index (χ4n) is 4.76. The largest absolute Gasteiger partial charge is 0.494 e. The Morgan fingerprint density at radius 2 is 1.54 bits per heavy atom. The molecule has 2 fully saturated rings. The van der Waals surface area contributed by atoms with Crippen LogP contribution in [-0.4, -0.2) is 47.4 Å². The summed E-state index contributed by atoms with van der Waals surface area (Å²) < 4.78 is 5.54. The summed E-state index contributed by atoms with van der Waals surface area (Å²) in [7, 11) is 0. The van der Waals surface area contributed by atoms with E-state index in [1.54, 1.807) is 4.90 Å². The van der Waals surface area contributed by atoms with Gasteiger partial charge in [0.05, 0.1) is 12.2 Å². The second-order valence-electron chi connectivity index (χ2n) is 8.00. The van der Waals surface area contributed by atoms with Crippen molar-refractivity contribution in [2.75, 3.05) is 19.7 Å². The van der Waals surface area contributed by atoms with Crippen molar-refractivity contribution in [1.82, 2.24) is 9.80 Å². The Labute approximate surface area is 167 Å². The maximum absolute atomic E-state index is 13.5. The van der Waals surface area contributed by atoms with Crippen LogP contribution in [0, 0.1) is 0 Å². The molecule has 0 aromatic heterocycles. The van der Waals surface area contributed by atoms with Crippen molar-refractivity contribution in [3.05, 3.63) is 35.5 Å². The molecule has 1 aromatic carbocycles. The molecule has 1 saturated heterocycles. The third kappa shape index (κ3) is 3.54. The van der Waals surface area contributed by atoms with Crippen molar-refractivity contribution >= 4 is 17.4 Å². The SMILES string of the molecule is CCOc1ccc(C2=C(N3CCCCC3)C(=O)N(C3CCCCC3)C2=O)cc1. The molecule has 5 heteroatoms. The van der Waals surface area contributed by atoms with E-state index in [0.29, 0.717) is 17.9 Å². The van der Waals surface area contributed by atoms with Crippen LogP contribution in [0.5, 0.6) is 5.75 Å². The number of carbonyl (C=O) groups is 2. The number of hydrogen-bond donors (Lipinski definition) is 0. The summed E-state index contributed by atoms with van der Waals surface area (Å²) in [5, 5.41) is 0. The van der Waals surface area contributed by atoms with E-state index >= 15 is 0 Å². The molecule has 150 valence electrons. The standard InChI is InChI=1S/C23H30N2O3/c1-2-28-19-13-11-17(12-14-19)20-21(24-15-7-4-8-16-24)23(27)25(22(20)26)18-9-5-3-6-10-18/h11-14,18H,2-10,15-16H2,1H3. The molecule has 0 N–H and O–H groups in total. The summed E-state index contributed by atoms with van der Waals surface area (Å²) in [6.45, 7) is 4.26. The van der Waals surface area contributed by atoms with Crippen LogP contribution in [0.15, 0.2) is 30.0 Å². The third-order valence-corrected chi connectivity index (χ3v) is 6.16. The van der Waals surface area contributed by atoms with E-state index in [1.165, 1.54) is 12.8 Å². The number of likely N-dealkylation sites (tertiary alicyclic amines) is 1. The number of carbonyl (C=O) groups excluding carboxylic acids is 2. The number of nitrogens with zero attached hydrogens (tertiary/aromatic N) is 2. The van der Waals surface area contributed by atoms with Gasteiger partial charge in [-0.15, -0.1) is 0 Å². The van der Waals surface area contributed by atoms with Gasteiger partial charge in [-0.25, -0.2) is 0 Å². The molecule has 0 bridgehead atoms. The minimum absolute atomic E-state index is 0.0498. The van der Waals surface area contributed by atoms with Crippen molar-refractivity contribution in [2.24, 2.45) is 0 Å². The van der Waals surface area contributed by atoms with E-state index < -0.39 is 0 Å². The summed E-state index contributed by atoms with van der Waals surface area (Å²) in [4.78, 5) is 30.6. The first-order valence-electron chi connectivity index (χ1n) is 10.8. The van der Waals surface area contributed by atoms with E-state index in [4.69, 9.17) is 4.74 Å². The van der Waals surface area contributed by atoms with E-state index in [0.717, 1.165) is 62.9 Å². The molecule has 0 radical (unpaired) electrons. The average Bonchev–Trinajstić information content (AvgIpc) is 3.00. The predicted molar refractivity (Wildman–Crippen MR) is 109 cm³/mol. The molecule has 4 rings (SSSR count). The van der Waals surface area contributed by atoms with Gasteiger partial charge in [-0.1, -0.05) is 31.4 Å². The summed E-state index contributed by atoms with van der Waals surface area (Å²) in [6.07, 6.45) is 8.60. The molecule has 3 aliphatic rings. The van der Waals surface area contributed by atoms with Gasteiger partial charge < -0.3 is 9.64 Å². The predicted octanol–water partition coefficient (Wildman–Crippen LogP) is 3.98. The van der Waals surface area contributed by atoms with Crippen molar-refractivity contribution in [1.29, 1.82) is 0 Å². The maximum atomic E-state index is 13.5. The summed E-state index contributed by atoms with van der Waals surface area (Å²) in [6, 6.07) is 7.66. The zero-order valence-corrected chi connectivity index (χ0v) is 16.8. The molecular formula is C23H30N2O3. The van der Waals surface area contributed by atoms with Gasteiger partial charge in [-0.3, -0.25) is 14.5 Å². The molecule has 1 saturated carbocycles. The molecule has 0 atom stereocenters. The first-order chi connectivity index (χ1) is 13.7. The first kappa shape index (κ1) is 19.0. The molecular weight excluding hydrogens is 352 g/mol. The number of imide groups is 1. The molecule has 2 amide bonds. The van der Waals surface area contributed by atoms with Crippen LogP contribution in [0.2, 0.25) is 0 Å². The Hall–Kier alpha value is -2.30. The van der Waals surface area contributed by atoms with Gasteiger partial charge in [0.15, 0.2) is 0 Å². The minimum Gasteiger partial charge on any atom is -0.494 e. The monoisotopic (exact) mass is 382 g/mol. The Morgan fingerprint density at radius 1 is 0.893 bits per heavy atom. The molecule has 2 aliphatic heterocycles. The highest BCUT2D eigenvalue weighted by molar-refractivity contribution is 6.35. The van der Waals surface area contributed by atoms with Crippen LogP contribution >= 0.6 is 0 Å². The van der Waals surface area contributed by atoms with Gasteiger partial charge in [-0.2, -0.15) is 0 Å². The van der Waals surface area contributed by atoms with Gasteiger partial charge in [0.1, 0.15) is 11.4 Å². The fourth-order valence-corrected chi connectivity index (χ4v) is 4.76. The molecule has 1 aliphatic carbocycles. The Bertz CT molecular complexity index is 757. The number of benzene rings is 1. The lowest BCUT2D eigenvalue weighted by Crippen LogP contribution is -2.44. The van der Waals surface area contributed by atoms with E-state index in [1.807, 2.05) is 31.2 Å². The second kappa shape index (κ2) is 8.38. The van der Waals surface area contributed by atoms with E-state index in [2.05, 4.69) is 4.90 Å². The fraction of sp³-hybridized carbons (Fsp3) is 0.565. The molecule has 0 unspecified atom stereocenters. The first-order valence-corrected chi connectivity index (χ1v) is 10.8. The third-order valence-electron chi connectivity index (χ3n) is 6.16. The van der Waals surface area contributed by atoms with Crippen LogP contribution in [-0.2, 0) is 9.59 Å². The Balaban J connectivity index is 1.71. The lowest BCUT2D eigenvalue weighted by Gasteiger charge is -2.32. The number of hydrogen-bond acceptors (Lipinski definition) is 4. The summed E-state index contributed by atoms with van der Waals surface area (Å²) >= 11 is 0. The maximum Gasteiger partial charge on any atom is 0.278 e. The van der Waals surface area contributed by atoms with E-state index in [-0.39, 0.29) is 17.9 Å². The molecule has 28 heavy (non-hydrogen) atoms. The normalized spacial score (nSPS) is 21.6. The second-order valence-corrected chi connectivity index (χ2v) is 8.00. The van der Waals surface area contributed by atoms with Crippen LogP contribution in [0.4, 0.5) is 0 Å². The Kier molecular flexibility index (Phi) is 5.69. The van der Waals surface area contributed by atoms with Gasteiger partial charge >= 0.3 is 0 Å². The highest BCUT2D eigenvalue weighted by atomic mass is 16.5. The zero-order valence-electron chi connectivity index (χ0n) is 16.8. The van der Waals surface area contributed by atoms with E-state index in [9.17, 15) is 9.59 Å². The quantitative estimate of drug-likeness (QED) is 0.723. The topological polar surface area (TPSA) is 49.9 Å². The van der Waals surface area contributed by atoms with Crippen LogP contribution in [0.3, 0.4) is 0 Å². The highest BCUT2D eigenvalue weighted by Gasteiger charge is 2.44. The summed E-state index contributed by atoms with van der Waals surface area (Å²) in [5.74, 6) is 0.594. The van der Waals surface area contributed by atoms with Gasteiger partial charge in [0.25, 0.3) is 11.8 Å². The van der Waals surface area contributed by atoms with Crippen molar-refractivity contribution < 1.29 is 14.3 Å². The smallest absolute Gasteiger partial charge is 0.278 e. The molecule has 0 spiro atoms. The zero-order chi connectivity index (χ0) is 19.5. The minimum atomic E-state index is -0.110. The summed E-state index contributed by atoms with van der Waals surface area (Å²) in [5.41, 5.74) is 2.03. The number of rotatable bonds is 5. The lowest BCUT2D eigenvalue weighted by atomic mass is 9.94.